The topological polar surface area (TPSA) is 58.6 Å². The van der Waals surface area contributed by atoms with Crippen LogP contribution in [0.2, 0.25) is 5.02 Å². The molecule has 4 rings (SSSR count). The van der Waals surface area contributed by atoms with E-state index in [1.807, 2.05) is 13.0 Å². The number of carbonyl (C=O) groups is 1. The Kier molecular flexibility index (Phi) is 10.8. The molecule has 3 aromatic carbocycles. The highest BCUT2D eigenvalue weighted by Gasteiger charge is 2.40. The lowest BCUT2D eigenvalue weighted by Gasteiger charge is -2.34. The minimum atomic E-state index is -0.755. The summed E-state index contributed by atoms with van der Waals surface area (Å²) in [5, 5.41) is 14.5. The van der Waals surface area contributed by atoms with E-state index >= 15 is 0 Å². The molecule has 41 heavy (non-hydrogen) atoms. The first-order valence-corrected chi connectivity index (χ1v) is 15.2. The van der Waals surface area contributed by atoms with Crippen LogP contribution in [0.3, 0.4) is 0 Å². The van der Waals surface area contributed by atoms with Gasteiger partial charge in [0.15, 0.2) is 0 Å². The van der Waals surface area contributed by atoms with Crippen LogP contribution in [-0.4, -0.2) is 24.3 Å². The lowest BCUT2D eigenvalue weighted by Crippen LogP contribution is -2.37. The molecule has 0 unspecified atom stereocenters. The van der Waals surface area contributed by atoms with Crippen molar-refractivity contribution in [1.82, 2.24) is 0 Å². The number of anilines is 1. The summed E-state index contributed by atoms with van der Waals surface area (Å²) >= 11 is 6.28. The molecular formula is C36H42ClNO3. The van der Waals surface area contributed by atoms with Crippen LogP contribution in [0.25, 0.3) is 22.4 Å². The van der Waals surface area contributed by atoms with Crippen LogP contribution in [-0.2, 0) is 9.53 Å². The zero-order valence-corrected chi connectivity index (χ0v) is 25.3. The summed E-state index contributed by atoms with van der Waals surface area (Å²) in [5.41, 5.74) is 8.01. The number of nitrogens with one attached hydrogen (secondary N) is 1. The zero-order valence-electron chi connectivity index (χ0n) is 24.5. The monoisotopic (exact) mass is 571 g/mol. The van der Waals surface area contributed by atoms with Crippen molar-refractivity contribution in [1.29, 1.82) is 0 Å². The predicted octanol–water partition coefficient (Wildman–Crippen LogP) is 10.0. The molecule has 1 aliphatic heterocycles. The summed E-state index contributed by atoms with van der Waals surface area (Å²) in [6, 6.07) is 23.2. The number of carboxylic acid groups (broad SMARTS) is 1. The van der Waals surface area contributed by atoms with E-state index < -0.39 is 11.4 Å². The first-order chi connectivity index (χ1) is 19.8. The lowest BCUT2D eigenvalue weighted by molar-refractivity contribution is -0.154. The number of benzene rings is 3. The first-order valence-electron chi connectivity index (χ1n) is 14.8. The standard InChI is InChI=1S/C36H42ClNO3/c1-4-6-7-9-34(30-16-19-33(37)26(3)24-30)38-32-17-14-28(15-18-32)27-10-12-29(13-11-27)31(8-5-2)25-36(35(39)40)20-22-41-23-21-36/h8-19,24,38H,4-7,20-23,25H2,1-3H3,(H,39,40)/b31-8-,34-9-. The van der Waals surface area contributed by atoms with Crippen molar-refractivity contribution in [3.8, 4) is 11.1 Å². The van der Waals surface area contributed by atoms with Crippen molar-refractivity contribution in [2.24, 2.45) is 5.41 Å². The number of rotatable bonds is 12. The van der Waals surface area contributed by atoms with Gasteiger partial charge in [-0.15, -0.1) is 0 Å². The van der Waals surface area contributed by atoms with Crippen LogP contribution >= 0.6 is 11.6 Å². The highest BCUT2D eigenvalue weighted by Crippen LogP contribution is 2.40. The van der Waals surface area contributed by atoms with Gasteiger partial charge in [-0.3, -0.25) is 4.79 Å². The Hall–Kier alpha value is -3.34. The minimum absolute atomic E-state index is 0.505. The average Bonchev–Trinajstić information content (AvgIpc) is 2.99. The highest BCUT2D eigenvalue weighted by atomic mass is 35.5. The molecule has 1 saturated heterocycles. The molecule has 5 heteroatoms. The van der Waals surface area contributed by atoms with Gasteiger partial charge < -0.3 is 15.2 Å². The number of hydrogen-bond donors (Lipinski definition) is 2. The average molecular weight is 572 g/mol. The third kappa shape index (κ3) is 7.90. The van der Waals surface area contributed by atoms with Crippen LogP contribution in [0.5, 0.6) is 0 Å². The Morgan fingerprint density at radius 2 is 1.59 bits per heavy atom. The van der Waals surface area contributed by atoms with Gasteiger partial charge in [0.2, 0.25) is 0 Å². The van der Waals surface area contributed by atoms with E-state index in [0.717, 1.165) is 75.5 Å². The van der Waals surface area contributed by atoms with Crippen molar-refractivity contribution in [3.63, 3.8) is 0 Å². The number of hydrogen-bond acceptors (Lipinski definition) is 3. The van der Waals surface area contributed by atoms with Crippen molar-refractivity contribution in [2.45, 2.75) is 65.7 Å². The van der Waals surface area contributed by atoms with Gasteiger partial charge in [0.05, 0.1) is 5.41 Å². The van der Waals surface area contributed by atoms with E-state index in [-0.39, 0.29) is 0 Å². The maximum atomic E-state index is 12.3. The Morgan fingerprint density at radius 1 is 0.951 bits per heavy atom. The summed E-state index contributed by atoms with van der Waals surface area (Å²) in [6.45, 7) is 7.35. The molecule has 3 aromatic rings. The van der Waals surface area contributed by atoms with Crippen molar-refractivity contribution >= 4 is 34.5 Å². The molecule has 0 atom stereocenters. The predicted molar refractivity (Wildman–Crippen MR) is 172 cm³/mol. The molecule has 0 radical (unpaired) electrons. The molecule has 216 valence electrons. The number of allylic oxidation sites excluding steroid dienone is 3. The molecule has 0 spiro atoms. The van der Waals surface area contributed by atoms with E-state index in [1.54, 1.807) is 0 Å². The van der Waals surface area contributed by atoms with Crippen LogP contribution in [0.15, 0.2) is 78.9 Å². The second-order valence-corrected chi connectivity index (χ2v) is 11.4. The second kappa shape index (κ2) is 14.5. The van der Waals surface area contributed by atoms with Crippen LogP contribution in [0.4, 0.5) is 5.69 Å². The zero-order chi connectivity index (χ0) is 29.2. The summed E-state index contributed by atoms with van der Waals surface area (Å²) in [7, 11) is 0. The smallest absolute Gasteiger partial charge is 0.310 e. The number of carboxylic acids is 1. The molecule has 4 nitrogen and oxygen atoms in total. The molecular weight excluding hydrogens is 530 g/mol. The summed E-state index contributed by atoms with van der Waals surface area (Å²) in [5.74, 6) is -0.720. The number of halogens is 1. The Morgan fingerprint density at radius 3 is 2.17 bits per heavy atom. The van der Waals surface area contributed by atoms with Gasteiger partial charge in [-0.1, -0.05) is 86.5 Å². The third-order valence-corrected chi connectivity index (χ3v) is 8.44. The van der Waals surface area contributed by atoms with Gasteiger partial charge in [-0.05, 0) is 103 Å². The maximum absolute atomic E-state index is 12.3. The van der Waals surface area contributed by atoms with E-state index in [2.05, 4.69) is 92.0 Å². The van der Waals surface area contributed by atoms with E-state index in [9.17, 15) is 9.90 Å². The van der Waals surface area contributed by atoms with Gasteiger partial charge in [0, 0.05) is 29.6 Å². The maximum Gasteiger partial charge on any atom is 0.310 e. The van der Waals surface area contributed by atoms with Crippen molar-refractivity contribution in [2.75, 3.05) is 18.5 Å². The minimum Gasteiger partial charge on any atom is -0.481 e. The van der Waals surface area contributed by atoms with E-state index in [1.165, 1.54) is 0 Å². The Balaban J connectivity index is 1.50. The molecule has 1 aliphatic rings. The van der Waals surface area contributed by atoms with Crippen molar-refractivity contribution in [3.05, 3.63) is 101 Å². The molecule has 1 heterocycles. The summed E-state index contributed by atoms with van der Waals surface area (Å²) in [4.78, 5) is 12.3. The molecule has 0 aromatic heterocycles. The fourth-order valence-corrected chi connectivity index (χ4v) is 5.53. The normalized spacial score (nSPS) is 15.5. The number of aryl methyl sites for hydroxylation is 1. The fraction of sp³-hybridized carbons (Fsp3) is 0.361. The van der Waals surface area contributed by atoms with Crippen LogP contribution < -0.4 is 5.32 Å². The van der Waals surface area contributed by atoms with Crippen LogP contribution in [0, 0.1) is 12.3 Å². The lowest BCUT2D eigenvalue weighted by atomic mass is 9.74. The number of unbranched alkanes of at least 4 members (excludes halogenated alkanes) is 2. The highest BCUT2D eigenvalue weighted by molar-refractivity contribution is 6.31. The Labute approximate surface area is 250 Å². The third-order valence-electron chi connectivity index (χ3n) is 8.01. The number of aliphatic carboxylic acids is 1. The van der Waals surface area contributed by atoms with Gasteiger partial charge in [0.1, 0.15) is 0 Å². The quantitative estimate of drug-likeness (QED) is 0.212. The molecule has 2 N–H and O–H groups in total. The largest absolute Gasteiger partial charge is 0.481 e. The SMILES string of the molecule is CC/C=C(/CC1(C(=O)O)CCOCC1)c1ccc(-c2ccc(N/C(=C\CCCC)c3ccc(Cl)c(C)c3)cc2)cc1. The molecule has 0 bridgehead atoms. The second-order valence-electron chi connectivity index (χ2n) is 11.0. The van der Waals surface area contributed by atoms with Crippen molar-refractivity contribution < 1.29 is 14.6 Å². The molecule has 0 aliphatic carbocycles. The summed E-state index contributed by atoms with van der Waals surface area (Å²) < 4.78 is 5.47. The van der Waals surface area contributed by atoms with E-state index in [4.69, 9.17) is 16.3 Å². The van der Waals surface area contributed by atoms with E-state index in [0.29, 0.717) is 32.5 Å². The summed E-state index contributed by atoms with van der Waals surface area (Å²) in [6.07, 6.45) is 10.3. The number of ether oxygens (including phenoxy) is 1. The molecule has 0 saturated carbocycles. The van der Waals surface area contributed by atoms with Crippen LogP contribution in [0.1, 0.15) is 75.5 Å². The van der Waals surface area contributed by atoms with Gasteiger partial charge in [-0.2, -0.15) is 0 Å². The first kappa shape index (κ1) is 30.6. The Bertz CT molecular complexity index is 1370. The fourth-order valence-electron chi connectivity index (χ4n) is 5.41. The molecule has 1 fully saturated rings. The van der Waals surface area contributed by atoms with Gasteiger partial charge in [-0.25, -0.2) is 0 Å². The van der Waals surface area contributed by atoms with Gasteiger partial charge in [0.25, 0.3) is 0 Å². The molecule has 0 amide bonds. The van der Waals surface area contributed by atoms with Gasteiger partial charge >= 0.3 is 5.97 Å².